The van der Waals surface area contributed by atoms with E-state index in [4.69, 9.17) is 16.3 Å². The number of ether oxygens (including phenoxy) is 1. The van der Waals surface area contributed by atoms with Gasteiger partial charge in [0.2, 0.25) is 5.91 Å². The lowest BCUT2D eigenvalue weighted by Crippen LogP contribution is -2.15. The Balaban J connectivity index is 1.63. The molecule has 0 bridgehead atoms. The molecule has 0 saturated heterocycles. The van der Waals surface area contributed by atoms with E-state index in [9.17, 15) is 9.18 Å². The molecule has 1 atom stereocenters. The SMILES string of the molecule is CCn1c(SCC(=O)Nc2ccc(F)cc2)nnc1[C@H](C)Oc1ccccc1Cl. The Hall–Kier alpha value is -2.58. The number of hydrogen-bond donors (Lipinski definition) is 1. The quantitative estimate of drug-likeness (QED) is 0.507. The number of nitrogens with one attached hydrogen (secondary N) is 1. The first-order valence-corrected chi connectivity index (χ1v) is 10.4. The minimum atomic E-state index is -0.371. The second kappa shape index (κ2) is 9.76. The zero-order valence-corrected chi connectivity index (χ0v) is 17.5. The van der Waals surface area contributed by atoms with E-state index in [1.165, 1.54) is 36.0 Å². The molecule has 0 aliphatic heterocycles. The highest BCUT2D eigenvalue weighted by atomic mass is 35.5. The molecule has 152 valence electrons. The molecule has 0 radical (unpaired) electrons. The monoisotopic (exact) mass is 434 g/mol. The van der Waals surface area contributed by atoms with Gasteiger partial charge in [0.05, 0.1) is 10.8 Å². The van der Waals surface area contributed by atoms with Crippen molar-refractivity contribution in [3.05, 3.63) is 65.2 Å². The molecule has 1 heterocycles. The first kappa shape index (κ1) is 21.1. The minimum Gasteiger partial charge on any atom is -0.481 e. The normalized spacial score (nSPS) is 11.9. The Labute approximate surface area is 177 Å². The number of thioether (sulfide) groups is 1. The molecular weight excluding hydrogens is 415 g/mol. The van der Waals surface area contributed by atoms with Crippen molar-refractivity contribution in [2.24, 2.45) is 0 Å². The van der Waals surface area contributed by atoms with Crippen molar-refractivity contribution in [1.82, 2.24) is 14.8 Å². The molecule has 3 aromatic rings. The number of halogens is 2. The van der Waals surface area contributed by atoms with Gasteiger partial charge >= 0.3 is 0 Å². The minimum absolute atomic E-state index is 0.148. The largest absolute Gasteiger partial charge is 0.481 e. The van der Waals surface area contributed by atoms with Gasteiger partial charge in [-0.15, -0.1) is 10.2 Å². The standard InChI is InChI=1S/C20H20ClFN4O2S/c1-3-26-19(13(2)28-17-7-5-4-6-16(17)21)24-25-20(26)29-12-18(27)23-15-10-8-14(22)9-11-15/h4-11,13H,3,12H2,1-2H3,(H,23,27)/t13-/m0/s1. The van der Waals surface area contributed by atoms with Crippen molar-refractivity contribution in [2.75, 3.05) is 11.1 Å². The number of nitrogens with zero attached hydrogens (tertiary/aromatic N) is 3. The van der Waals surface area contributed by atoms with E-state index < -0.39 is 0 Å². The van der Waals surface area contributed by atoms with Crippen molar-refractivity contribution in [2.45, 2.75) is 31.7 Å². The van der Waals surface area contributed by atoms with Crippen LogP contribution in [0.1, 0.15) is 25.8 Å². The third-order valence-electron chi connectivity index (χ3n) is 4.03. The maximum absolute atomic E-state index is 13.0. The van der Waals surface area contributed by atoms with E-state index in [0.29, 0.717) is 34.0 Å². The first-order valence-electron chi connectivity index (χ1n) is 9.00. The average Bonchev–Trinajstić information content (AvgIpc) is 3.13. The number of hydrogen-bond acceptors (Lipinski definition) is 5. The molecule has 1 amide bonds. The summed E-state index contributed by atoms with van der Waals surface area (Å²) in [6, 6.07) is 12.8. The van der Waals surface area contributed by atoms with E-state index >= 15 is 0 Å². The lowest BCUT2D eigenvalue weighted by atomic mass is 10.3. The highest BCUT2D eigenvalue weighted by Crippen LogP contribution is 2.29. The molecule has 0 saturated carbocycles. The summed E-state index contributed by atoms with van der Waals surface area (Å²) in [6.07, 6.45) is -0.371. The van der Waals surface area contributed by atoms with Crippen LogP contribution in [-0.2, 0) is 11.3 Å². The highest BCUT2D eigenvalue weighted by molar-refractivity contribution is 7.99. The zero-order valence-electron chi connectivity index (χ0n) is 15.9. The Kier molecular flexibility index (Phi) is 7.11. The van der Waals surface area contributed by atoms with Crippen LogP contribution >= 0.6 is 23.4 Å². The summed E-state index contributed by atoms with van der Waals surface area (Å²) in [6.45, 7) is 4.47. The van der Waals surface area contributed by atoms with Crippen LogP contribution in [0.15, 0.2) is 53.7 Å². The van der Waals surface area contributed by atoms with Crippen LogP contribution < -0.4 is 10.1 Å². The van der Waals surface area contributed by atoms with Crippen molar-refractivity contribution in [1.29, 1.82) is 0 Å². The van der Waals surface area contributed by atoms with Crippen molar-refractivity contribution < 1.29 is 13.9 Å². The average molecular weight is 435 g/mol. The molecule has 3 rings (SSSR count). The van der Waals surface area contributed by atoms with Gasteiger partial charge < -0.3 is 14.6 Å². The number of para-hydroxylation sites is 1. The number of carbonyl (C=O) groups is 1. The Morgan fingerprint density at radius 1 is 1.24 bits per heavy atom. The number of carbonyl (C=O) groups excluding carboxylic acids is 1. The smallest absolute Gasteiger partial charge is 0.234 e. The molecule has 0 spiro atoms. The van der Waals surface area contributed by atoms with E-state index in [1.807, 2.05) is 30.5 Å². The van der Waals surface area contributed by atoms with Crippen LogP contribution in [0, 0.1) is 5.82 Å². The van der Waals surface area contributed by atoms with Gasteiger partial charge in [-0.1, -0.05) is 35.5 Å². The van der Waals surface area contributed by atoms with E-state index in [0.717, 1.165) is 0 Å². The van der Waals surface area contributed by atoms with Crippen molar-refractivity contribution in [3.63, 3.8) is 0 Å². The second-order valence-electron chi connectivity index (χ2n) is 6.12. The van der Waals surface area contributed by atoms with Crippen LogP contribution in [0.2, 0.25) is 5.02 Å². The van der Waals surface area contributed by atoms with E-state index in [1.54, 1.807) is 12.1 Å². The van der Waals surface area contributed by atoms with Gasteiger partial charge in [-0.05, 0) is 50.2 Å². The summed E-state index contributed by atoms with van der Waals surface area (Å²) in [4.78, 5) is 12.2. The van der Waals surface area contributed by atoms with Gasteiger partial charge in [0.15, 0.2) is 17.1 Å². The lowest BCUT2D eigenvalue weighted by Gasteiger charge is -2.16. The summed E-state index contributed by atoms with van der Waals surface area (Å²) in [5.41, 5.74) is 0.538. The van der Waals surface area contributed by atoms with Gasteiger partial charge in [0.25, 0.3) is 0 Å². The topological polar surface area (TPSA) is 69.0 Å². The fourth-order valence-electron chi connectivity index (χ4n) is 2.65. The fourth-order valence-corrected chi connectivity index (χ4v) is 3.64. The molecule has 0 aliphatic rings. The molecule has 6 nitrogen and oxygen atoms in total. The number of rotatable bonds is 8. The third-order valence-corrected chi connectivity index (χ3v) is 5.31. The summed E-state index contributed by atoms with van der Waals surface area (Å²) in [7, 11) is 0. The summed E-state index contributed by atoms with van der Waals surface area (Å²) < 4.78 is 20.8. The molecule has 1 N–H and O–H groups in total. The van der Waals surface area contributed by atoms with Crippen LogP contribution in [0.3, 0.4) is 0 Å². The fraction of sp³-hybridized carbons (Fsp3) is 0.250. The summed E-state index contributed by atoms with van der Waals surface area (Å²) >= 11 is 7.43. The highest BCUT2D eigenvalue weighted by Gasteiger charge is 2.20. The first-order chi connectivity index (χ1) is 14.0. The molecular formula is C20H20ClFN4O2S. The van der Waals surface area contributed by atoms with E-state index in [2.05, 4.69) is 15.5 Å². The summed E-state index contributed by atoms with van der Waals surface area (Å²) in [5.74, 6) is 0.798. The van der Waals surface area contributed by atoms with Crippen LogP contribution in [-0.4, -0.2) is 26.4 Å². The Morgan fingerprint density at radius 2 is 1.97 bits per heavy atom. The van der Waals surface area contributed by atoms with Crippen LogP contribution in [0.4, 0.5) is 10.1 Å². The Bertz CT molecular complexity index is 981. The third kappa shape index (κ3) is 5.48. The predicted octanol–water partition coefficient (Wildman–Crippen LogP) is 4.96. The zero-order chi connectivity index (χ0) is 20.8. The van der Waals surface area contributed by atoms with Gasteiger partial charge in [-0.3, -0.25) is 4.79 Å². The van der Waals surface area contributed by atoms with Crippen molar-refractivity contribution in [3.8, 4) is 5.75 Å². The molecule has 1 aromatic heterocycles. The maximum Gasteiger partial charge on any atom is 0.234 e. The maximum atomic E-state index is 13.0. The second-order valence-corrected chi connectivity index (χ2v) is 7.47. The number of amides is 1. The number of anilines is 1. The van der Waals surface area contributed by atoms with Crippen molar-refractivity contribution >= 4 is 35.0 Å². The molecule has 2 aromatic carbocycles. The molecule has 0 unspecified atom stereocenters. The number of aromatic nitrogens is 3. The van der Waals surface area contributed by atoms with Gasteiger partial charge in [0, 0.05) is 12.2 Å². The van der Waals surface area contributed by atoms with Gasteiger partial charge in [0.1, 0.15) is 11.6 Å². The van der Waals surface area contributed by atoms with Gasteiger partial charge in [-0.25, -0.2) is 4.39 Å². The Morgan fingerprint density at radius 3 is 2.66 bits per heavy atom. The van der Waals surface area contributed by atoms with Crippen LogP contribution in [0.25, 0.3) is 0 Å². The van der Waals surface area contributed by atoms with Gasteiger partial charge in [-0.2, -0.15) is 0 Å². The van der Waals surface area contributed by atoms with Crippen LogP contribution in [0.5, 0.6) is 5.75 Å². The summed E-state index contributed by atoms with van der Waals surface area (Å²) in [5, 5.41) is 12.3. The molecule has 0 aliphatic carbocycles. The lowest BCUT2D eigenvalue weighted by molar-refractivity contribution is -0.113. The predicted molar refractivity (Wildman–Crippen MR) is 112 cm³/mol. The molecule has 9 heteroatoms. The number of benzene rings is 2. The molecule has 0 fully saturated rings. The molecule has 29 heavy (non-hydrogen) atoms. The van der Waals surface area contributed by atoms with E-state index in [-0.39, 0.29) is 23.6 Å².